The van der Waals surface area contributed by atoms with Crippen LogP contribution in [-0.4, -0.2) is 73.1 Å². The molecule has 0 unspecified atom stereocenters. The molecular formula is C23H29N3O4. The Morgan fingerprint density at radius 3 is 2.67 bits per heavy atom. The molecule has 2 saturated heterocycles. The molecule has 1 saturated carbocycles. The van der Waals surface area contributed by atoms with Crippen molar-refractivity contribution < 1.29 is 18.7 Å². The molecule has 7 heteroatoms. The Kier molecular flexibility index (Phi) is 5.25. The number of nitrogens with zero attached hydrogens (tertiary/aromatic N) is 2. The number of fused-ring (bicyclic) bond motifs is 2. The third-order valence-corrected chi connectivity index (χ3v) is 6.95. The fraction of sp³-hybridized carbons (Fsp3) is 0.565. The van der Waals surface area contributed by atoms with Crippen LogP contribution in [0.15, 0.2) is 34.7 Å². The number of benzene rings is 1. The number of likely N-dealkylation sites (N-methyl/N-ethyl adjacent to an activating group) is 1. The largest absolute Gasteiger partial charge is 0.451 e. The normalized spacial score (nSPS) is 29.7. The summed E-state index contributed by atoms with van der Waals surface area (Å²) < 4.78 is 11.5. The van der Waals surface area contributed by atoms with Crippen molar-refractivity contribution in [1.82, 2.24) is 15.1 Å². The summed E-state index contributed by atoms with van der Waals surface area (Å²) in [4.78, 5) is 29.9. The SMILES string of the molecule is CN1CCO[C@H]2CN(C(=O)C3CCC(NC(=O)c4cc5ccccc5o4)CC3)C[C@@H]21. The van der Waals surface area contributed by atoms with Crippen molar-refractivity contribution in [2.75, 3.05) is 33.3 Å². The molecule has 160 valence electrons. The molecule has 1 aliphatic carbocycles. The second-order valence-electron chi connectivity index (χ2n) is 8.87. The number of nitrogens with one attached hydrogen (secondary N) is 1. The zero-order valence-electron chi connectivity index (χ0n) is 17.4. The van der Waals surface area contributed by atoms with Gasteiger partial charge in [0.1, 0.15) is 5.58 Å². The number of carbonyl (C=O) groups is 2. The molecule has 0 bridgehead atoms. The molecule has 7 nitrogen and oxygen atoms in total. The molecule has 30 heavy (non-hydrogen) atoms. The van der Waals surface area contributed by atoms with Gasteiger partial charge >= 0.3 is 0 Å². The van der Waals surface area contributed by atoms with E-state index in [1.54, 1.807) is 6.07 Å². The summed E-state index contributed by atoms with van der Waals surface area (Å²) in [5, 5.41) is 4.02. The zero-order chi connectivity index (χ0) is 20.7. The fourth-order valence-corrected chi connectivity index (χ4v) is 5.13. The van der Waals surface area contributed by atoms with Gasteiger partial charge in [-0.25, -0.2) is 0 Å². The van der Waals surface area contributed by atoms with Gasteiger partial charge in [-0.15, -0.1) is 0 Å². The third kappa shape index (κ3) is 3.72. The highest BCUT2D eigenvalue weighted by molar-refractivity contribution is 5.96. The predicted octanol–water partition coefficient (Wildman–Crippen LogP) is 2.26. The van der Waals surface area contributed by atoms with Crippen LogP contribution in [0.4, 0.5) is 0 Å². The summed E-state index contributed by atoms with van der Waals surface area (Å²) in [7, 11) is 2.12. The number of carbonyl (C=O) groups excluding carboxylic acids is 2. The minimum absolute atomic E-state index is 0.0508. The topological polar surface area (TPSA) is 75.0 Å². The Morgan fingerprint density at radius 2 is 1.90 bits per heavy atom. The van der Waals surface area contributed by atoms with Crippen molar-refractivity contribution in [2.45, 2.75) is 43.9 Å². The molecule has 2 atom stereocenters. The first-order valence-electron chi connectivity index (χ1n) is 11.0. The lowest BCUT2D eigenvalue weighted by Gasteiger charge is -2.33. The Morgan fingerprint density at radius 1 is 1.10 bits per heavy atom. The first-order valence-corrected chi connectivity index (χ1v) is 11.0. The highest BCUT2D eigenvalue weighted by Gasteiger charge is 2.42. The predicted molar refractivity (Wildman–Crippen MR) is 112 cm³/mol. The van der Waals surface area contributed by atoms with Crippen LogP contribution in [0.1, 0.15) is 36.2 Å². The van der Waals surface area contributed by atoms with E-state index in [9.17, 15) is 9.59 Å². The maximum absolute atomic E-state index is 13.0. The molecule has 0 radical (unpaired) electrons. The van der Waals surface area contributed by atoms with E-state index in [0.717, 1.165) is 56.3 Å². The number of ether oxygens (including phenoxy) is 1. The Labute approximate surface area is 176 Å². The number of hydrogen-bond donors (Lipinski definition) is 1. The van der Waals surface area contributed by atoms with Crippen molar-refractivity contribution in [1.29, 1.82) is 0 Å². The first kappa shape index (κ1) is 19.6. The van der Waals surface area contributed by atoms with Crippen molar-refractivity contribution in [3.05, 3.63) is 36.1 Å². The molecule has 2 aliphatic heterocycles. The molecule has 3 heterocycles. The first-order chi connectivity index (χ1) is 14.6. The van der Waals surface area contributed by atoms with E-state index in [-0.39, 0.29) is 29.9 Å². The quantitative estimate of drug-likeness (QED) is 0.839. The van der Waals surface area contributed by atoms with Crippen LogP contribution in [0.25, 0.3) is 11.0 Å². The van der Waals surface area contributed by atoms with Gasteiger partial charge in [0.05, 0.1) is 18.8 Å². The standard InChI is InChI=1S/C23H29N3O4/c1-25-10-11-29-21-14-26(13-18(21)25)23(28)15-6-8-17(9-7-15)24-22(27)20-12-16-4-2-3-5-19(16)30-20/h2-5,12,15,17-18,21H,6-11,13-14H2,1H3,(H,24,27)/t15?,17?,18-,21-/m0/s1. The minimum atomic E-state index is -0.176. The van der Waals surface area contributed by atoms with Gasteiger partial charge in [0.2, 0.25) is 5.91 Å². The van der Waals surface area contributed by atoms with Crippen LogP contribution in [0, 0.1) is 5.92 Å². The van der Waals surface area contributed by atoms with Gasteiger partial charge in [-0.3, -0.25) is 14.5 Å². The summed E-state index contributed by atoms with van der Waals surface area (Å²) in [6.07, 6.45) is 3.41. The number of morpholine rings is 1. The molecule has 3 fully saturated rings. The van der Waals surface area contributed by atoms with Crippen LogP contribution >= 0.6 is 0 Å². The number of amides is 2. The van der Waals surface area contributed by atoms with E-state index in [1.807, 2.05) is 29.2 Å². The smallest absolute Gasteiger partial charge is 0.287 e. The number of para-hydroxylation sites is 1. The highest BCUT2D eigenvalue weighted by Crippen LogP contribution is 2.30. The Bertz CT molecular complexity index is 900. The lowest BCUT2D eigenvalue weighted by atomic mass is 9.85. The van der Waals surface area contributed by atoms with E-state index in [2.05, 4.69) is 17.3 Å². The summed E-state index contributed by atoms with van der Waals surface area (Å²) >= 11 is 0. The summed E-state index contributed by atoms with van der Waals surface area (Å²) in [5.41, 5.74) is 0.720. The summed E-state index contributed by atoms with van der Waals surface area (Å²) in [6, 6.07) is 9.81. The number of furan rings is 1. The molecule has 5 rings (SSSR count). The molecule has 2 aromatic rings. The third-order valence-electron chi connectivity index (χ3n) is 6.95. The average Bonchev–Trinajstić information content (AvgIpc) is 3.39. The summed E-state index contributed by atoms with van der Waals surface area (Å²) in [6.45, 7) is 3.15. The van der Waals surface area contributed by atoms with Gasteiger partial charge in [0, 0.05) is 37.0 Å². The number of likely N-dealkylation sites (tertiary alicyclic amines) is 1. The molecule has 2 amide bonds. The average molecular weight is 412 g/mol. The van der Waals surface area contributed by atoms with Crippen LogP contribution in [0.5, 0.6) is 0 Å². The van der Waals surface area contributed by atoms with Gasteiger partial charge in [0.25, 0.3) is 5.91 Å². The molecule has 1 N–H and O–H groups in total. The Balaban J connectivity index is 1.13. The fourth-order valence-electron chi connectivity index (χ4n) is 5.13. The van der Waals surface area contributed by atoms with Crippen LogP contribution < -0.4 is 5.32 Å². The van der Waals surface area contributed by atoms with Crippen molar-refractivity contribution >= 4 is 22.8 Å². The zero-order valence-corrected chi connectivity index (χ0v) is 17.4. The Hall–Kier alpha value is -2.38. The molecule has 0 spiro atoms. The summed E-state index contributed by atoms with van der Waals surface area (Å²) in [5.74, 6) is 0.473. The lowest BCUT2D eigenvalue weighted by Crippen LogP contribution is -2.48. The van der Waals surface area contributed by atoms with Gasteiger partial charge < -0.3 is 19.4 Å². The molecule has 3 aliphatic rings. The molecular weight excluding hydrogens is 382 g/mol. The van der Waals surface area contributed by atoms with Gasteiger partial charge in [-0.1, -0.05) is 18.2 Å². The monoisotopic (exact) mass is 411 g/mol. The van der Waals surface area contributed by atoms with Gasteiger partial charge in [-0.2, -0.15) is 0 Å². The highest BCUT2D eigenvalue weighted by atomic mass is 16.5. The molecule has 1 aromatic heterocycles. The van der Waals surface area contributed by atoms with Crippen LogP contribution in [-0.2, 0) is 9.53 Å². The maximum atomic E-state index is 13.0. The molecule has 1 aromatic carbocycles. The van der Waals surface area contributed by atoms with E-state index in [0.29, 0.717) is 18.3 Å². The van der Waals surface area contributed by atoms with E-state index < -0.39 is 0 Å². The van der Waals surface area contributed by atoms with Gasteiger partial charge in [0.15, 0.2) is 5.76 Å². The van der Waals surface area contributed by atoms with Gasteiger partial charge in [-0.05, 0) is 44.9 Å². The minimum Gasteiger partial charge on any atom is -0.451 e. The van der Waals surface area contributed by atoms with E-state index in [4.69, 9.17) is 9.15 Å². The lowest BCUT2D eigenvalue weighted by molar-refractivity contribution is -0.136. The van der Waals surface area contributed by atoms with E-state index >= 15 is 0 Å². The number of rotatable bonds is 3. The van der Waals surface area contributed by atoms with Crippen molar-refractivity contribution in [2.24, 2.45) is 5.92 Å². The number of hydrogen-bond acceptors (Lipinski definition) is 5. The maximum Gasteiger partial charge on any atom is 0.287 e. The van der Waals surface area contributed by atoms with E-state index in [1.165, 1.54) is 0 Å². The van der Waals surface area contributed by atoms with Crippen molar-refractivity contribution in [3.8, 4) is 0 Å². The van der Waals surface area contributed by atoms with Crippen molar-refractivity contribution in [3.63, 3.8) is 0 Å². The van der Waals surface area contributed by atoms with Crippen LogP contribution in [0.3, 0.4) is 0 Å². The second kappa shape index (κ2) is 8.04. The second-order valence-corrected chi connectivity index (χ2v) is 8.87. The van der Waals surface area contributed by atoms with Crippen LogP contribution in [0.2, 0.25) is 0 Å².